The number of hydrogen-bond donors (Lipinski definition) is 1. The standard InChI is InChI=1S/C22H30F2N4O3S/c1-14-19(31-13-25-14)20(29)26-16-5-3-15(4-6-16)7-9-28-10-8-18-17(11-28)27-21(32-18)30-12-22(2,23)24/h13,15-16H,3-12H2,1-2H3,(H,26,29). The first kappa shape index (κ1) is 23.1. The fourth-order valence-corrected chi connectivity index (χ4v) is 5.31. The fourth-order valence-electron chi connectivity index (χ4n) is 4.40. The second kappa shape index (κ2) is 9.82. The van der Waals surface area contributed by atoms with Gasteiger partial charge in [-0.05, 0) is 57.9 Å². The summed E-state index contributed by atoms with van der Waals surface area (Å²) in [5.41, 5.74) is 1.58. The number of ether oxygens (including phenoxy) is 1. The molecule has 0 aromatic carbocycles. The zero-order valence-electron chi connectivity index (χ0n) is 18.5. The lowest BCUT2D eigenvalue weighted by Gasteiger charge is -2.31. The highest BCUT2D eigenvalue weighted by molar-refractivity contribution is 7.13. The van der Waals surface area contributed by atoms with Crippen molar-refractivity contribution in [2.75, 3.05) is 19.7 Å². The molecule has 7 nitrogen and oxygen atoms in total. The van der Waals surface area contributed by atoms with Crippen molar-refractivity contribution in [2.24, 2.45) is 5.92 Å². The van der Waals surface area contributed by atoms with Crippen LogP contribution in [0.15, 0.2) is 10.8 Å². The first-order valence-corrected chi connectivity index (χ1v) is 12.0. The molecule has 1 aliphatic carbocycles. The van der Waals surface area contributed by atoms with Crippen molar-refractivity contribution in [1.82, 2.24) is 20.2 Å². The first-order chi connectivity index (χ1) is 15.3. The van der Waals surface area contributed by atoms with Crippen LogP contribution in [0.4, 0.5) is 8.78 Å². The van der Waals surface area contributed by atoms with Gasteiger partial charge in [0, 0.05) is 30.9 Å². The molecule has 1 N–H and O–H groups in total. The SMILES string of the molecule is Cc1ncoc1C(=O)NC1CCC(CCN2CCc3sc(OCC(C)(F)F)nc3C2)CC1. The van der Waals surface area contributed by atoms with E-state index in [1.54, 1.807) is 6.92 Å². The molecule has 2 aromatic heterocycles. The third-order valence-corrected chi connectivity index (χ3v) is 7.29. The molecule has 10 heteroatoms. The van der Waals surface area contributed by atoms with Crippen molar-refractivity contribution in [3.05, 3.63) is 28.4 Å². The summed E-state index contributed by atoms with van der Waals surface area (Å²) in [6, 6.07) is 0.185. The second-order valence-corrected chi connectivity index (χ2v) is 10.0. The molecule has 1 saturated carbocycles. The van der Waals surface area contributed by atoms with Gasteiger partial charge in [0.2, 0.25) is 5.76 Å². The van der Waals surface area contributed by atoms with E-state index < -0.39 is 12.5 Å². The number of amides is 1. The van der Waals surface area contributed by atoms with E-state index in [2.05, 4.69) is 20.2 Å². The van der Waals surface area contributed by atoms with Gasteiger partial charge in [0.05, 0.1) is 11.4 Å². The minimum absolute atomic E-state index is 0.179. The third kappa shape index (κ3) is 6.04. The van der Waals surface area contributed by atoms with E-state index in [1.165, 1.54) is 17.7 Å². The van der Waals surface area contributed by atoms with Crippen molar-refractivity contribution in [3.63, 3.8) is 0 Å². The van der Waals surface area contributed by atoms with E-state index in [0.717, 1.165) is 75.7 Å². The molecule has 2 aliphatic rings. The Labute approximate surface area is 190 Å². The molecule has 0 unspecified atom stereocenters. The Hall–Kier alpha value is -2.07. The number of rotatable bonds is 8. The van der Waals surface area contributed by atoms with Crippen LogP contribution in [-0.4, -0.2) is 52.4 Å². The summed E-state index contributed by atoms with van der Waals surface area (Å²) in [5.74, 6) is -2.08. The van der Waals surface area contributed by atoms with E-state index in [4.69, 9.17) is 9.15 Å². The second-order valence-electron chi connectivity index (χ2n) is 8.98. The van der Waals surface area contributed by atoms with Gasteiger partial charge in [-0.1, -0.05) is 11.3 Å². The Morgan fingerprint density at radius 1 is 1.38 bits per heavy atom. The highest BCUT2D eigenvalue weighted by Crippen LogP contribution is 2.32. The number of carbonyl (C=O) groups excluding carboxylic acids is 1. The minimum atomic E-state index is -2.85. The Morgan fingerprint density at radius 2 is 2.16 bits per heavy atom. The van der Waals surface area contributed by atoms with Gasteiger partial charge in [0.25, 0.3) is 17.0 Å². The van der Waals surface area contributed by atoms with Crippen LogP contribution in [0, 0.1) is 12.8 Å². The van der Waals surface area contributed by atoms with E-state index in [1.807, 2.05) is 0 Å². The number of fused-ring (bicyclic) bond motifs is 1. The number of aryl methyl sites for hydroxylation is 1. The topological polar surface area (TPSA) is 80.5 Å². The first-order valence-electron chi connectivity index (χ1n) is 11.2. The zero-order valence-corrected chi connectivity index (χ0v) is 19.4. The monoisotopic (exact) mass is 468 g/mol. The van der Waals surface area contributed by atoms with Gasteiger partial charge in [-0.25, -0.2) is 18.7 Å². The molecule has 2 aromatic rings. The van der Waals surface area contributed by atoms with Crippen molar-refractivity contribution in [3.8, 4) is 5.19 Å². The van der Waals surface area contributed by atoms with Crippen LogP contribution in [0.1, 0.15) is 65.8 Å². The van der Waals surface area contributed by atoms with Gasteiger partial charge in [-0.15, -0.1) is 0 Å². The summed E-state index contributed by atoms with van der Waals surface area (Å²) in [7, 11) is 0. The van der Waals surface area contributed by atoms with E-state index in [0.29, 0.717) is 22.6 Å². The summed E-state index contributed by atoms with van der Waals surface area (Å²) in [4.78, 5) is 24.2. The lowest BCUT2D eigenvalue weighted by molar-refractivity contribution is -0.0230. The number of nitrogens with zero attached hydrogens (tertiary/aromatic N) is 3. The minimum Gasteiger partial charge on any atom is -0.464 e. The molecule has 3 heterocycles. The Balaban J connectivity index is 1.18. The van der Waals surface area contributed by atoms with E-state index >= 15 is 0 Å². The summed E-state index contributed by atoms with van der Waals surface area (Å²) >= 11 is 1.39. The number of alkyl halides is 2. The molecule has 1 aliphatic heterocycles. The quantitative estimate of drug-likeness (QED) is 0.625. The van der Waals surface area contributed by atoms with Crippen LogP contribution < -0.4 is 10.1 Å². The van der Waals surface area contributed by atoms with Crippen molar-refractivity contribution in [1.29, 1.82) is 0 Å². The number of hydrogen-bond acceptors (Lipinski definition) is 7. The molecule has 0 bridgehead atoms. The molecule has 32 heavy (non-hydrogen) atoms. The van der Waals surface area contributed by atoms with Crippen LogP contribution in [0.25, 0.3) is 0 Å². The highest BCUT2D eigenvalue weighted by Gasteiger charge is 2.27. The molecular weight excluding hydrogens is 438 g/mol. The van der Waals surface area contributed by atoms with Gasteiger partial charge >= 0.3 is 0 Å². The number of halogens is 2. The van der Waals surface area contributed by atoms with Crippen molar-refractivity contribution >= 4 is 17.2 Å². The molecule has 0 spiro atoms. The van der Waals surface area contributed by atoms with Gasteiger partial charge in [0.1, 0.15) is 0 Å². The maximum atomic E-state index is 13.0. The number of nitrogens with one attached hydrogen (secondary N) is 1. The van der Waals surface area contributed by atoms with E-state index in [-0.39, 0.29) is 11.9 Å². The Morgan fingerprint density at radius 3 is 2.84 bits per heavy atom. The highest BCUT2D eigenvalue weighted by atomic mass is 32.1. The maximum absolute atomic E-state index is 13.0. The molecular formula is C22H30F2N4O3S. The largest absolute Gasteiger partial charge is 0.464 e. The average Bonchev–Trinajstić information content (AvgIpc) is 3.36. The molecule has 0 atom stereocenters. The smallest absolute Gasteiger partial charge is 0.289 e. The Kier molecular flexibility index (Phi) is 7.09. The summed E-state index contributed by atoms with van der Waals surface area (Å²) < 4.78 is 36.4. The summed E-state index contributed by atoms with van der Waals surface area (Å²) in [6.45, 7) is 4.69. The van der Waals surface area contributed by atoms with Crippen molar-refractivity contribution in [2.45, 2.75) is 70.9 Å². The maximum Gasteiger partial charge on any atom is 0.289 e. The number of oxazole rings is 1. The zero-order chi connectivity index (χ0) is 22.7. The van der Waals surface area contributed by atoms with Crippen LogP contribution in [-0.2, 0) is 13.0 Å². The predicted octanol–water partition coefficient (Wildman–Crippen LogP) is 4.21. The van der Waals surface area contributed by atoms with Crippen LogP contribution in [0.5, 0.6) is 5.19 Å². The summed E-state index contributed by atoms with van der Waals surface area (Å²) in [5, 5.41) is 3.42. The van der Waals surface area contributed by atoms with Crippen LogP contribution >= 0.6 is 11.3 Å². The molecule has 176 valence electrons. The van der Waals surface area contributed by atoms with Gasteiger partial charge in [-0.3, -0.25) is 9.69 Å². The molecule has 4 rings (SSSR count). The number of thiazole rings is 1. The fraction of sp³-hybridized carbons (Fsp3) is 0.682. The van der Waals surface area contributed by atoms with Crippen molar-refractivity contribution < 1.29 is 22.7 Å². The van der Waals surface area contributed by atoms with E-state index in [9.17, 15) is 13.6 Å². The molecule has 0 saturated heterocycles. The molecule has 0 radical (unpaired) electrons. The number of aromatic nitrogens is 2. The molecule has 1 amide bonds. The number of carbonyl (C=O) groups is 1. The van der Waals surface area contributed by atoms with Gasteiger partial charge < -0.3 is 14.5 Å². The normalized spacial score (nSPS) is 21.9. The van der Waals surface area contributed by atoms with Crippen LogP contribution in [0.2, 0.25) is 0 Å². The predicted molar refractivity (Wildman–Crippen MR) is 116 cm³/mol. The van der Waals surface area contributed by atoms with Gasteiger partial charge in [-0.2, -0.15) is 0 Å². The summed E-state index contributed by atoms with van der Waals surface area (Å²) in [6.07, 6.45) is 7.45. The van der Waals surface area contributed by atoms with Gasteiger partial charge in [0.15, 0.2) is 13.0 Å². The lowest BCUT2D eigenvalue weighted by atomic mass is 9.84. The van der Waals surface area contributed by atoms with Crippen LogP contribution in [0.3, 0.4) is 0 Å². The third-order valence-electron chi connectivity index (χ3n) is 6.22. The Bertz CT molecular complexity index is 919. The average molecular weight is 469 g/mol. The molecule has 1 fully saturated rings. The lowest BCUT2D eigenvalue weighted by Crippen LogP contribution is -2.38.